The van der Waals surface area contributed by atoms with Crippen molar-refractivity contribution in [2.24, 2.45) is 0 Å². The summed E-state index contributed by atoms with van der Waals surface area (Å²) in [5.74, 6) is -1.46. The normalized spacial score (nSPS) is 12.0. The van der Waals surface area contributed by atoms with Crippen LogP contribution in [-0.4, -0.2) is 18.2 Å². The van der Waals surface area contributed by atoms with E-state index in [4.69, 9.17) is 23.2 Å². The van der Waals surface area contributed by atoms with Gasteiger partial charge >= 0.3 is 5.97 Å². The molecule has 0 radical (unpaired) electrons. The quantitative estimate of drug-likeness (QED) is 0.866. The van der Waals surface area contributed by atoms with Gasteiger partial charge < -0.3 is 9.84 Å². The number of benzene rings is 2. The van der Waals surface area contributed by atoms with Crippen molar-refractivity contribution in [2.75, 3.05) is 7.11 Å². The van der Waals surface area contributed by atoms with Crippen molar-refractivity contribution in [3.05, 3.63) is 57.8 Å². The van der Waals surface area contributed by atoms with Gasteiger partial charge in [0, 0.05) is 15.6 Å². The van der Waals surface area contributed by atoms with Gasteiger partial charge in [0.05, 0.1) is 7.11 Å². The first-order valence-electron chi connectivity index (χ1n) is 5.94. The third-order valence-corrected chi connectivity index (χ3v) is 3.34. The van der Waals surface area contributed by atoms with Gasteiger partial charge in [-0.2, -0.15) is 0 Å². The number of hydrogen-bond acceptors (Lipinski definition) is 3. The SMILES string of the molecule is COC(=O)C(O)c1cc(F)ccc1-c1cc(Cl)cc(Cl)c1. The van der Waals surface area contributed by atoms with E-state index in [-0.39, 0.29) is 5.56 Å². The van der Waals surface area contributed by atoms with Crippen LogP contribution in [0.5, 0.6) is 0 Å². The number of methoxy groups -OCH3 is 1. The van der Waals surface area contributed by atoms with Crippen molar-refractivity contribution in [2.45, 2.75) is 6.10 Å². The maximum atomic E-state index is 13.4. The van der Waals surface area contributed by atoms with E-state index in [9.17, 15) is 14.3 Å². The molecule has 1 N–H and O–H groups in total. The summed E-state index contributed by atoms with van der Waals surface area (Å²) in [5.41, 5.74) is 1.09. The zero-order valence-electron chi connectivity index (χ0n) is 10.9. The molecule has 0 aliphatic rings. The Morgan fingerprint density at radius 3 is 2.38 bits per heavy atom. The first kappa shape index (κ1) is 15.8. The number of hydrogen-bond donors (Lipinski definition) is 1. The molecule has 0 amide bonds. The molecular formula is C15H11Cl2FO3. The molecule has 6 heteroatoms. The van der Waals surface area contributed by atoms with Crippen LogP contribution in [-0.2, 0) is 9.53 Å². The van der Waals surface area contributed by atoms with E-state index in [1.54, 1.807) is 18.2 Å². The molecule has 1 unspecified atom stereocenters. The summed E-state index contributed by atoms with van der Waals surface area (Å²) >= 11 is 11.9. The highest BCUT2D eigenvalue weighted by Crippen LogP contribution is 2.33. The summed E-state index contributed by atoms with van der Waals surface area (Å²) in [4.78, 5) is 11.5. The van der Waals surface area contributed by atoms with Crippen LogP contribution in [0.3, 0.4) is 0 Å². The van der Waals surface area contributed by atoms with Crippen molar-refractivity contribution in [3.8, 4) is 11.1 Å². The molecule has 0 aromatic heterocycles. The molecule has 21 heavy (non-hydrogen) atoms. The van der Waals surface area contributed by atoms with Crippen molar-refractivity contribution in [3.63, 3.8) is 0 Å². The standard InChI is InChI=1S/C15H11Cl2FO3/c1-21-15(20)14(19)13-7-11(18)2-3-12(13)8-4-9(16)6-10(17)5-8/h2-7,14,19H,1H3. The van der Waals surface area contributed by atoms with Gasteiger partial charge in [-0.15, -0.1) is 0 Å². The maximum absolute atomic E-state index is 13.4. The molecule has 2 aromatic rings. The van der Waals surface area contributed by atoms with Crippen LogP contribution < -0.4 is 0 Å². The molecule has 1 atom stereocenters. The first-order valence-corrected chi connectivity index (χ1v) is 6.70. The van der Waals surface area contributed by atoms with Crippen LogP contribution in [0.2, 0.25) is 10.0 Å². The van der Waals surface area contributed by atoms with Gasteiger partial charge in [-0.25, -0.2) is 9.18 Å². The molecule has 0 saturated carbocycles. The van der Waals surface area contributed by atoms with Crippen LogP contribution in [0.1, 0.15) is 11.7 Å². The topological polar surface area (TPSA) is 46.5 Å². The summed E-state index contributed by atoms with van der Waals surface area (Å²) in [7, 11) is 1.14. The fraction of sp³-hybridized carbons (Fsp3) is 0.133. The minimum absolute atomic E-state index is 0.0835. The van der Waals surface area contributed by atoms with Crippen molar-refractivity contribution < 1.29 is 19.0 Å². The van der Waals surface area contributed by atoms with Crippen molar-refractivity contribution in [1.82, 2.24) is 0 Å². The minimum Gasteiger partial charge on any atom is -0.467 e. The second-order valence-corrected chi connectivity index (χ2v) is 5.19. The van der Waals surface area contributed by atoms with E-state index in [0.29, 0.717) is 21.2 Å². The van der Waals surface area contributed by atoms with Gasteiger partial charge in [-0.05, 0) is 41.5 Å². The zero-order valence-corrected chi connectivity index (χ0v) is 12.5. The van der Waals surface area contributed by atoms with Gasteiger partial charge in [0.1, 0.15) is 5.82 Å². The minimum atomic E-state index is -1.60. The number of aliphatic hydroxyl groups is 1. The predicted molar refractivity (Wildman–Crippen MR) is 78.8 cm³/mol. The lowest BCUT2D eigenvalue weighted by molar-refractivity contribution is -0.150. The van der Waals surface area contributed by atoms with E-state index >= 15 is 0 Å². The molecule has 0 bridgehead atoms. The molecule has 0 aliphatic carbocycles. The third kappa shape index (κ3) is 3.53. The number of carbonyl (C=O) groups is 1. The van der Waals surface area contributed by atoms with E-state index in [1.165, 1.54) is 12.1 Å². The van der Waals surface area contributed by atoms with Crippen LogP contribution in [0, 0.1) is 5.82 Å². The predicted octanol–water partition coefficient (Wildman–Crippen LogP) is 4.01. The molecule has 2 rings (SSSR count). The molecule has 0 saturated heterocycles. The Balaban J connectivity index is 2.60. The smallest absolute Gasteiger partial charge is 0.339 e. The number of carbonyl (C=O) groups excluding carboxylic acids is 1. The third-order valence-electron chi connectivity index (χ3n) is 2.91. The zero-order chi connectivity index (χ0) is 15.6. The van der Waals surface area contributed by atoms with Crippen molar-refractivity contribution in [1.29, 1.82) is 0 Å². The van der Waals surface area contributed by atoms with Crippen LogP contribution in [0.25, 0.3) is 11.1 Å². The summed E-state index contributed by atoms with van der Waals surface area (Å²) in [5, 5.41) is 10.8. The fourth-order valence-corrected chi connectivity index (χ4v) is 2.50. The molecule has 0 fully saturated rings. The molecule has 110 valence electrons. The lowest BCUT2D eigenvalue weighted by Gasteiger charge is -2.15. The Kier molecular flexibility index (Phi) is 4.83. The van der Waals surface area contributed by atoms with E-state index in [2.05, 4.69) is 4.74 Å². The molecule has 0 aliphatic heterocycles. The van der Waals surface area contributed by atoms with Crippen molar-refractivity contribution >= 4 is 29.2 Å². The largest absolute Gasteiger partial charge is 0.467 e. The highest BCUT2D eigenvalue weighted by atomic mass is 35.5. The second-order valence-electron chi connectivity index (χ2n) is 4.32. The first-order chi connectivity index (χ1) is 9.92. The molecule has 0 heterocycles. The Labute approximate surface area is 130 Å². The summed E-state index contributed by atoms with van der Waals surface area (Å²) < 4.78 is 17.9. The summed E-state index contributed by atoms with van der Waals surface area (Å²) in [6.07, 6.45) is -1.60. The fourth-order valence-electron chi connectivity index (χ4n) is 1.97. The van der Waals surface area contributed by atoms with E-state index in [1.807, 2.05) is 0 Å². The lowest BCUT2D eigenvalue weighted by Crippen LogP contribution is -2.14. The number of rotatable bonds is 3. The average Bonchev–Trinajstić information content (AvgIpc) is 2.44. The number of ether oxygens (including phenoxy) is 1. The van der Waals surface area contributed by atoms with Gasteiger partial charge in [0.2, 0.25) is 0 Å². The van der Waals surface area contributed by atoms with Crippen LogP contribution in [0.15, 0.2) is 36.4 Å². The molecule has 0 spiro atoms. The monoisotopic (exact) mass is 328 g/mol. The number of esters is 1. The number of aliphatic hydroxyl groups excluding tert-OH is 1. The summed E-state index contributed by atoms with van der Waals surface area (Å²) in [6, 6.07) is 8.50. The van der Waals surface area contributed by atoms with Gasteiger partial charge in [0.25, 0.3) is 0 Å². The van der Waals surface area contributed by atoms with E-state index < -0.39 is 17.9 Å². The van der Waals surface area contributed by atoms with Gasteiger partial charge in [-0.1, -0.05) is 29.3 Å². The highest BCUT2D eigenvalue weighted by Gasteiger charge is 2.22. The van der Waals surface area contributed by atoms with E-state index in [0.717, 1.165) is 13.2 Å². The highest BCUT2D eigenvalue weighted by molar-refractivity contribution is 6.35. The van der Waals surface area contributed by atoms with Gasteiger partial charge in [0.15, 0.2) is 6.10 Å². The lowest BCUT2D eigenvalue weighted by atomic mass is 9.96. The average molecular weight is 329 g/mol. The van der Waals surface area contributed by atoms with Crippen LogP contribution in [0.4, 0.5) is 4.39 Å². The number of halogens is 3. The summed E-state index contributed by atoms with van der Waals surface area (Å²) in [6.45, 7) is 0. The second kappa shape index (κ2) is 6.43. The van der Waals surface area contributed by atoms with Crippen LogP contribution >= 0.6 is 23.2 Å². The Hall–Kier alpha value is -1.62. The van der Waals surface area contributed by atoms with Gasteiger partial charge in [-0.3, -0.25) is 0 Å². The Morgan fingerprint density at radius 2 is 1.81 bits per heavy atom. The molecule has 3 nitrogen and oxygen atoms in total. The molecule has 2 aromatic carbocycles. The Morgan fingerprint density at radius 1 is 1.19 bits per heavy atom. The maximum Gasteiger partial charge on any atom is 0.339 e. The Bertz CT molecular complexity index is 668. The molecular weight excluding hydrogens is 318 g/mol.